The molecule has 110 valence electrons. The third kappa shape index (κ3) is 5.82. The molecule has 0 saturated heterocycles. The Balaban J connectivity index is 2.44. The molecule has 1 heterocycles. The molecular formula is C13H26N4OS. The predicted molar refractivity (Wildman–Crippen MR) is 81.7 cm³/mol. The zero-order valence-corrected chi connectivity index (χ0v) is 13.5. The maximum absolute atomic E-state index is 5.66. The van der Waals surface area contributed by atoms with Crippen molar-refractivity contribution < 1.29 is 4.42 Å². The number of thioether (sulfide) groups is 1. The van der Waals surface area contributed by atoms with Gasteiger partial charge in [-0.1, -0.05) is 18.9 Å². The molecule has 1 aromatic heterocycles. The number of rotatable bonds is 9. The van der Waals surface area contributed by atoms with E-state index in [0.717, 1.165) is 18.7 Å². The molecule has 0 saturated carbocycles. The lowest BCUT2D eigenvalue weighted by Crippen LogP contribution is -2.29. The van der Waals surface area contributed by atoms with Gasteiger partial charge in [0.15, 0.2) is 0 Å². The van der Waals surface area contributed by atoms with E-state index < -0.39 is 0 Å². The summed E-state index contributed by atoms with van der Waals surface area (Å²) in [6.45, 7) is 8.12. The van der Waals surface area contributed by atoms with E-state index in [2.05, 4.69) is 47.4 Å². The second-order valence-electron chi connectivity index (χ2n) is 5.24. The predicted octanol–water partition coefficient (Wildman–Crippen LogP) is 2.39. The second-order valence-corrected chi connectivity index (χ2v) is 6.23. The lowest BCUT2D eigenvalue weighted by atomic mass is 10.2. The molecule has 0 aliphatic heterocycles. The van der Waals surface area contributed by atoms with Gasteiger partial charge in [-0.15, -0.1) is 5.10 Å². The summed E-state index contributed by atoms with van der Waals surface area (Å²) >= 11 is 1.86. The summed E-state index contributed by atoms with van der Waals surface area (Å²) in [7, 11) is 2.00. The average molecular weight is 286 g/mol. The van der Waals surface area contributed by atoms with Crippen molar-refractivity contribution in [3.8, 4) is 0 Å². The van der Waals surface area contributed by atoms with Gasteiger partial charge in [0.05, 0.1) is 6.54 Å². The van der Waals surface area contributed by atoms with Crippen LogP contribution in [0.2, 0.25) is 0 Å². The molecule has 0 radical (unpaired) electrons. The minimum absolute atomic E-state index is 0.407. The van der Waals surface area contributed by atoms with Crippen LogP contribution in [0.4, 0.5) is 6.01 Å². The topological polar surface area (TPSA) is 54.2 Å². The number of aromatic nitrogens is 2. The fourth-order valence-electron chi connectivity index (χ4n) is 1.60. The highest BCUT2D eigenvalue weighted by atomic mass is 32.2. The lowest BCUT2D eigenvalue weighted by molar-refractivity contribution is 0.443. The van der Waals surface area contributed by atoms with E-state index in [1.54, 1.807) is 0 Å². The molecular weight excluding hydrogens is 260 g/mol. The van der Waals surface area contributed by atoms with Crippen LogP contribution >= 0.6 is 11.8 Å². The van der Waals surface area contributed by atoms with Crippen LogP contribution in [0, 0.1) is 5.92 Å². The number of nitrogens with zero attached hydrogens (tertiary/aromatic N) is 3. The minimum Gasteiger partial charge on any atom is -0.407 e. The molecule has 1 N–H and O–H groups in total. The van der Waals surface area contributed by atoms with Crippen molar-refractivity contribution in [1.82, 2.24) is 15.5 Å². The molecule has 1 rings (SSSR count). The van der Waals surface area contributed by atoms with Gasteiger partial charge in [-0.2, -0.15) is 11.8 Å². The molecule has 0 aliphatic carbocycles. The first kappa shape index (κ1) is 16.3. The van der Waals surface area contributed by atoms with Crippen molar-refractivity contribution in [2.75, 3.05) is 30.5 Å². The zero-order chi connectivity index (χ0) is 14.3. The molecule has 1 atom stereocenters. The van der Waals surface area contributed by atoms with Gasteiger partial charge in [0, 0.05) is 13.1 Å². The Morgan fingerprint density at radius 2 is 2.05 bits per heavy atom. The third-order valence-electron chi connectivity index (χ3n) is 2.99. The van der Waals surface area contributed by atoms with Gasteiger partial charge in [0.25, 0.3) is 0 Å². The van der Waals surface area contributed by atoms with Gasteiger partial charge in [-0.25, -0.2) is 0 Å². The largest absolute Gasteiger partial charge is 0.407 e. The smallest absolute Gasteiger partial charge is 0.318 e. The quantitative estimate of drug-likeness (QED) is 0.752. The van der Waals surface area contributed by atoms with Crippen molar-refractivity contribution in [3.63, 3.8) is 0 Å². The minimum atomic E-state index is 0.407. The molecule has 0 bridgehead atoms. The Morgan fingerprint density at radius 1 is 1.32 bits per heavy atom. The standard InChI is InChI=1S/C13H26N4OS/c1-10(2)8-14-9-12-15-16-13(18-12)17(4)11(3)6-7-19-5/h10-11,14H,6-9H2,1-5H3. The molecule has 0 amide bonds. The average Bonchev–Trinajstić information content (AvgIpc) is 2.83. The van der Waals surface area contributed by atoms with Crippen molar-refractivity contribution in [2.45, 2.75) is 39.8 Å². The maximum atomic E-state index is 5.66. The number of hydrogen-bond acceptors (Lipinski definition) is 6. The van der Waals surface area contributed by atoms with Crippen LogP contribution in [0.1, 0.15) is 33.1 Å². The fraction of sp³-hybridized carbons (Fsp3) is 0.846. The van der Waals surface area contributed by atoms with Crippen LogP contribution in [-0.4, -0.2) is 41.8 Å². The van der Waals surface area contributed by atoms with E-state index in [-0.39, 0.29) is 0 Å². The van der Waals surface area contributed by atoms with Gasteiger partial charge in [0.2, 0.25) is 5.89 Å². The van der Waals surface area contributed by atoms with Gasteiger partial charge < -0.3 is 14.6 Å². The van der Waals surface area contributed by atoms with Gasteiger partial charge in [-0.3, -0.25) is 0 Å². The van der Waals surface area contributed by atoms with E-state index in [1.165, 1.54) is 0 Å². The summed E-state index contributed by atoms with van der Waals surface area (Å²) in [6.07, 6.45) is 3.24. The summed E-state index contributed by atoms with van der Waals surface area (Å²) in [4.78, 5) is 2.05. The number of anilines is 1. The number of hydrogen-bond donors (Lipinski definition) is 1. The van der Waals surface area contributed by atoms with Crippen molar-refractivity contribution in [1.29, 1.82) is 0 Å². The third-order valence-corrected chi connectivity index (χ3v) is 3.63. The fourth-order valence-corrected chi connectivity index (χ4v) is 2.17. The van der Waals surface area contributed by atoms with E-state index in [4.69, 9.17) is 4.42 Å². The highest BCUT2D eigenvalue weighted by Crippen LogP contribution is 2.16. The van der Waals surface area contributed by atoms with Gasteiger partial charge in [-0.05, 0) is 37.8 Å². The first-order valence-electron chi connectivity index (χ1n) is 6.79. The molecule has 19 heavy (non-hydrogen) atoms. The Morgan fingerprint density at radius 3 is 2.68 bits per heavy atom. The molecule has 6 heteroatoms. The van der Waals surface area contributed by atoms with E-state index in [1.807, 2.05) is 18.8 Å². The molecule has 0 spiro atoms. The molecule has 0 aliphatic rings. The molecule has 1 aromatic rings. The second kappa shape index (κ2) is 8.43. The van der Waals surface area contributed by atoms with Crippen LogP contribution < -0.4 is 10.2 Å². The lowest BCUT2D eigenvalue weighted by Gasteiger charge is -2.22. The molecule has 0 aromatic carbocycles. The van der Waals surface area contributed by atoms with Crippen LogP contribution in [0.3, 0.4) is 0 Å². The van der Waals surface area contributed by atoms with Crippen molar-refractivity contribution in [3.05, 3.63) is 5.89 Å². The van der Waals surface area contributed by atoms with E-state index in [0.29, 0.717) is 30.4 Å². The van der Waals surface area contributed by atoms with Crippen LogP contribution in [0.5, 0.6) is 0 Å². The van der Waals surface area contributed by atoms with Crippen LogP contribution in [-0.2, 0) is 6.54 Å². The Labute approximate surface area is 120 Å². The summed E-state index contributed by atoms with van der Waals surface area (Å²) in [6, 6.07) is 1.01. The molecule has 0 fully saturated rings. The highest BCUT2D eigenvalue weighted by Gasteiger charge is 2.15. The first-order valence-corrected chi connectivity index (χ1v) is 8.18. The van der Waals surface area contributed by atoms with Crippen molar-refractivity contribution >= 4 is 17.8 Å². The summed E-state index contributed by atoms with van der Waals surface area (Å²) in [5.41, 5.74) is 0. The van der Waals surface area contributed by atoms with E-state index in [9.17, 15) is 0 Å². The summed E-state index contributed by atoms with van der Waals surface area (Å²) in [5.74, 6) is 2.42. The summed E-state index contributed by atoms with van der Waals surface area (Å²) in [5, 5.41) is 11.5. The Hall–Kier alpha value is -0.750. The van der Waals surface area contributed by atoms with Crippen LogP contribution in [0.25, 0.3) is 0 Å². The summed E-state index contributed by atoms with van der Waals surface area (Å²) < 4.78 is 5.66. The Bertz CT molecular complexity index is 356. The van der Waals surface area contributed by atoms with Crippen LogP contribution in [0.15, 0.2) is 4.42 Å². The highest BCUT2D eigenvalue weighted by molar-refractivity contribution is 7.98. The number of nitrogens with one attached hydrogen (secondary N) is 1. The Kier molecular flexibility index (Phi) is 7.23. The van der Waals surface area contributed by atoms with Gasteiger partial charge >= 0.3 is 6.01 Å². The van der Waals surface area contributed by atoms with Crippen molar-refractivity contribution in [2.24, 2.45) is 5.92 Å². The monoisotopic (exact) mass is 286 g/mol. The zero-order valence-electron chi connectivity index (χ0n) is 12.6. The molecule has 5 nitrogen and oxygen atoms in total. The van der Waals surface area contributed by atoms with E-state index >= 15 is 0 Å². The SMILES string of the molecule is CSCCC(C)N(C)c1nnc(CNCC(C)C)o1. The molecule has 1 unspecified atom stereocenters. The normalized spacial score (nSPS) is 12.9. The van der Waals surface area contributed by atoms with Gasteiger partial charge in [0.1, 0.15) is 0 Å². The maximum Gasteiger partial charge on any atom is 0.318 e. The first-order chi connectivity index (χ1) is 9.04.